The maximum Gasteiger partial charge on any atom is 0.573 e. The van der Waals surface area contributed by atoms with Crippen molar-refractivity contribution in [3.63, 3.8) is 0 Å². The average Bonchev–Trinajstić information content (AvgIpc) is 3.29. The molecule has 0 aliphatic carbocycles. The lowest BCUT2D eigenvalue weighted by molar-refractivity contribution is -0.274. The van der Waals surface area contributed by atoms with Crippen LogP contribution in [0, 0.1) is 0 Å². The van der Waals surface area contributed by atoms with Gasteiger partial charge in [-0.05, 0) is 42.8 Å². The molecule has 1 N–H and O–H groups in total. The summed E-state index contributed by atoms with van der Waals surface area (Å²) in [6.07, 6.45) is -4.03. The number of amides is 2. The van der Waals surface area contributed by atoms with Gasteiger partial charge in [0.2, 0.25) is 0 Å². The number of urea groups is 1. The van der Waals surface area contributed by atoms with E-state index in [9.17, 15) is 18.0 Å². The number of ether oxygens (including phenoxy) is 1. The molecule has 0 unspecified atom stereocenters. The van der Waals surface area contributed by atoms with Crippen LogP contribution >= 0.6 is 0 Å². The van der Waals surface area contributed by atoms with E-state index in [0.717, 1.165) is 24.1 Å². The third-order valence-electron chi connectivity index (χ3n) is 4.47. The number of hydrogen-bond donors (Lipinski definition) is 1. The van der Waals surface area contributed by atoms with E-state index in [1.807, 2.05) is 24.3 Å². The van der Waals surface area contributed by atoms with E-state index in [-0.39, 0.29) is 17.7 Å². The third kappa shape index (κ3) is 4.03. The van der Waals surface area contributed by atoms with Gasteiger partial charge in [-0.1, -0.05) is 12.1 Å². The Hall–Kier alpha value is -3.23. The molecule has 1 aliphatic rings. The van der Waals surface area contributed by atoms with Crippen LogP contribution in [-0.4, -0.2) is 35.4 Å². The molecule has 2 amide bonds. The van der Waals surface area contributed by atoms with Crippen LogP contribution in [0.15, 0.2) is 52.9 Å². The summed E-state index contributed by atoms with van der Waals surface area (Å²) in [4.78, 5) is 18.5. The maximum atomic E-state index is 12.4. The Labute approximate surface area is 157 Å². The molecule has 1 saturated heterocycles. The van der Waals surface area contributed by atoms with Crippen molar-refractivity contribution in [2.75, 3.05) is 18.4 Å². The number of benzene rings is 2. The minimum absolute atomic E-state index is 0.000659. The highest BCUT2D eigenvalue weighted by Gasteiger charge is 2.32. The first-order valence-corrected chi connectivity index (χ1v) is 8.64. The smallest absolute Gasteiger partial charge is 0.440 e. The number of nitrogens with one attached hydrogen (secondary N) is 1. The number of hydrogen-bond acceptors (Lipinski definition) is 4. The van der Waals surface area contributed by atoms with E-state index in [1.54, 1.807) is 4.90 Å². The van der Waals surface area contributed by atoms with Crippen LogP contribution in [0.1, 0.15) is 18.2 Å². The van der Waals surface area contributed by atoms with Gasteiger partial charge in [-0.2, -0.15) is 0 Å². The van der Waals surface area contributed by atoms with E-state index in [1.165, 1.54) is 12.1 Å². The first kappa shape index (κ1) is 18.1. The van der Waals surface area contributed by atoms with Crippen molar-refractivity contribution in [1.29, 1.82) is 0 Å². The first-order valence-electron chi connectivity index (χ1n) is 8.64. The van der Waals surface area contributed by atoms with Gasteiger partial charge in [-0.3, -0.25) is 0 Å². The van der Waals surface area contributed by atoms with Crippen molar-refractivity contribution >= 4 is 22.8 Å². The van der Waals surface area contributed by atoms with Crippen molar-refractivity contribution in [3.05, 3.63) is 54.4 Å². The predicted octanol–water partition coefficient (Wildman–Crippen LogP) is 4.75. The fourth-order valence-corrected chi connectivity index (χ4v) is 3.15. The van der Waals surface area contributed by atoms with Gasteiger partial charge in [0, 0.05) is 18.8 Å². The molecule has 9 heteroatoms. The Bertz CT molecular complexity index is 952. The molecule has 1 aliphatic heterocycles. The van der Waals surface area contributed by atoms with E-state index in [2.05, 4.69) is 15.0 Å². The van der Waals surface area contributed by atoms with E-state index >= 15 is 0 Å². The second kappa shape index (κ2) is 7.06. The number of rotatable bonds is 3. The molecule has 1 fully saturated rings. The molecule has 6 nitrogen and oxygen atoms in total. The Morgan fingerprint density at radius 2 is 1.93 bits per heavy atom. The van der Waals surface area contributed by atoms with Gasteiger partial charge in [-0.15, -0.1) is 13.2 Å². The highest BCUT2D eigenvalue weighted by atomic mass is 19.4. The van der Waals surface area contributed by atoms with E-state index in [4.69, 9.17) is 4.42 Å². The van der Waals surface area contributed by atoms with Crippen molar-refractivity contribution in [2.24, 2.45) is 0 Å². The highest BCUT2D eigenvalue weighted by molar-refractivity contribution is 5.89. The number of carbonyl (C=O) groups is 1. The normalized spacial score (nSPS) is 17.1. The van der Waals surface area contributed by atoms with Crippen LogP contribution in [0.5, 0.6) is 5.75 Å². The van der Waals surface area contributed by atoms with Gasteiger partial charge in [0.05, 0.1) is 5.92 Å². The van der Waals surface area contributed by atoms with Gasteiger partial charge in [0.25, 0.3) is 0 Å². The molecular formula is C19H16F3N3O3. The zero-order valence-electron chi connectivity index (χ0n) is 14.6. The zero-order valence-corrected chi connectivity index (χ0v) is 14.6. The number of anilines is 1. The van der Waals surface area contributed by atoms with E-state index in [0.29, 0.717) is 30.3 Å². The molecular weight excluding hydrogens is 375 g/mol. The van der Waals surface area contributed by atoms with Crippen LogP contribution in [0.3, 0.4) is 0 Å². The van der Waals surface area contributed by atoms with Crippen LogP contribution in [0.2, 0.25) is 0 Å². The molecule has 0 saturated carbocycles. The van der Waals surface area contributed by atoms with Gasteiger partial charge in [0.15, 0.2) is 11.5 Å². The lowest BCUT2D eigenvalue weighted by Crippen LogP contribution is -2.32. The number of carbonyl (C=O) groups excluding carboxylic acids is 1. The lowest BCUT2D eigenvalue weighted by atomic mass is 10.1. The predicted molar refractivity (Wildman–Crippen MR) is 95.1 cm³/mol. The van der Waals surface area contributed by atoms with Crippen LogP contribution in [0.25, 0.3) is 11.1 Å². The summed E-state index contributed by atoms with van der Waals surface area (Å²) in [5.74, 6) is 0.258. The summed E-state index contributed by atoms with van der Waals surface area (Å²) in [5, 5.41) is 2.67. The third-order valence-corrected chi connectivity index (χ3v) is 4.47. The molecule has 2 aromatic carbocycles. The zero-order chi connectivity index (χ0) is 19.7. The summed E-state index contributed by atoms with van der Waals surface area (Å²) < 4.78 is 46.2. The number of para-hydroxylation sites is 2. The fourth-order valence-electron chi connectivity index (χ4n) is 3.15. The summed E-state index contributed by atoms with van der Waals surface area (Å²) in [7, 11) is 0. The standard InChI is InChI=1S/C19H16F3N3O3/c20-19(21,22)28-14-7-5-13(6-8-14)23-18(26)25-10-9-12(11-25)17-24-15-3-1-2-4-16(15)27-17/h1-8,12H,9-11H2,(H,23,26)/t12-/m0/s1. The fraction of sp³-hybridized carbons (Fsp3) is 0.263. The number of fused-ring (bicyclic) bond motifs is 1. The Kier molecular flexibility index (Phi) is 4.58. The monoisotopic (exact) mass is 391 g/mol. The van der Waals surface area contributed by atoms with Gasteiger partial charge in [0.1, 0.15) is 11.3 Å². The van der Waals surface area contributed by atoms with Gasteiger partial charge < -0.3 is 19.4 Å². The Morgan fingerprint density at radius 3 is 2.64 bits per heavy atom. The van der Waals surface area contributed by atoms with Crippen LogP contribution < -0.4 is 10.1 Å². The molecule has 0 bridgehead atoms. The lowest BCUT2D eigenvalue weighted by Gasteiger charge is -2.17. The molecule has 0 spiro atoms. The molecule has 3 aromatic rings. The second-order valence-electron chi connectivity index (χ2n) is 6.45. The molecule has 1 atom stereocenters. The van der Waals surface area contributed by atoms with E-state index < -0.39 is 6.36 Å². The molecule has 1 aromatic heterocycles. The molecule has 0 radical (unpaired) electrons. The van der Waals surface area contributed by atoms with Gasteiger partial charge in [-0.25, -0.2) is 9.78 Å². The van der Waals surface area contributed by atoms with Crippen molar-refractivity contribution < 1.29 is 27.1 Å². The first-order chi connectivity index (χ1) is 13.4. The molecule has 146 valence electrons. The average molecular weight is 391 g/mol. The van der Waals surface area contributed by atoms with Crippen molar-refractivity contribution in [2.45, 2.75) is 18.7 Å². The SMILES string of the molecule is O=C(Nc1ccc(OC(F)(F)F)cc1)N1CC[C@H](c2nc3ccccc3o2)C1. The number of aromatic nitrogens is 1. The number of likely N-dealkylation sites (tertiary alicyclic amines) is 1. The maximum absolute atomic E-state index is 12.4. The number of halogens is 3. The topological polar surface area (TPSA) is 67.6 Å². The summed E-state index contributed by atoms with van der Waals surface area (Å²) >= 11 is 0. The summed E-state index contributed by atoms with van der Waals surface area (Å²) in [6.45, 7) is 0.985. The Morgan fingerprint density at radius 1 is 1.18 bits per heavy atom. The van der Waals surface area contributed by atoms with Crippen molar-refractivity contribution in [1.82, 2.24) is 9.88 Å². The second-order valence-corrected chi connectivity index (χ2v) is 6.45. The van der Waals surface area contributed by atoms with Crippen LogP contribution in [-0.2, 0) is 0 Å². The molecule has 4 rings (SSSR count). The van der Waals surface area contributed by atoms with Gasteiger partial charge >= 0.3 is 12.4 Å². The summed E-state index contributed by atoms with van der Waals surface area (Å²) in [6, 6.07) is 12.1. The highest BCUT2D eigenvalue weighted by Crippen LogP contribution is 2.30. The number of nitrogens with zero attached hydrogens (tertiary/aromatic N) is 2. The summed E-state index contributed by atoms with van der Waals surface area (Å²) in [5.41, 5.74) is 1.87. The van der Waals surface area contributed by atoms with Crippen LogP contribution in [0.4, 0.5) is 23.7 Å². The largest absolute Gasteiger partial charge is 0.573 e. The number of oxazole rings is 1. The molecule has 28 heavy (non-hydrogen) atoms. The minimum atomic E-state index is -4.75. The van der Waals surface area contributed by atoms with Crippen molar-refractivity contribution in [3.8, 4) is 5.75 Å². The Balaban J connectivity index is 1.37. The number of alkyl halides is 3. The molecule has 2 heterocycles. The minimum Gasteiger partial charge on any atom is -0.440 e. The quantitative estimate of drug-likeness (QED) is 0.700.